The molecule has 0 radical (unpaired) electrons. The summed E-state index contributed by atoms with van der Waals surface area (Å²) in [5.41, 5.74) is 2.33. The van der Waals surface area contributed by atoms with Gasteiger partial charge in [0, 0.05) is 5.02 Å². The van der Waals surface area contributed by atoms with E-state index >= 15 is 0 Å². The highest BCUT2D eigenvalue weighted by atomic mass is 79.9. The predicted molar refractivity (Wildman–Crippen MR) is 75.5 cm³/mol. The number of rotatable bonds is 3. The Hall–Kier alpha value is -1.32. The number of halogens is 2. The molecule has 0 saturated carbocycles. The minimum atomic E-state index is -0.0233. The molecule has 0 heterocycles. The molecule has 0 aliphatic heterocycles. The van der Waals surface area contributed by atoms with Gasteiger partial charge in [0.15, 0.2) is 6.29 Å². The first-order valence-electron chi connectivity index (χ1n) is 5.31. The molecule has 2 nitrogen and oxygen atoms in total. The molecule has 0 aliphatic rings. The number of benzene rings is 2. The third-order valence-electron chi connectivity index (χ3n) is 2.60. The zero-order valence-electron chi connectivity index (χ0n) is 9.36. The highest BCUT2D eigenvalue weighted by Crippen LogP contribution is 2.29. The molecule has 0 spiro atoms. The van der Waals surface area contributed by atoms with E-state index in [9.17, 15) is 9.90 Å². The summed E-state index contributed by atoms with van der Waals surface area (Å²) < 4.78 is 0.524. The van der Waals surface area contributed by atoms with Crippen LogP contribution in [-0.4, -0.2) is 11.4 Å². The molecule has 2 aromatic carbocycles. The number of aromatic hydroxyl groups is 1. The second-order valence-electron chi connectivity index (χ2n) is 3.94. The van der Waals surface area contributed by atoms with Crippen molar-refractivity contribution in [1.29, 1.82) is 0 Å². The molecule has 0 fully saturated rings. The van der Waals surface area contributed by atoms with Gasteiger partial charge in [-0.3, -0.25) is 4.79 Å². The Kier molecular flexibility index (Phi) is 4.04. The molecule has 2 aromatic rings. The van der Waals surface area contributed by atoms with Gasteiger partial charge in [-0.2, -0.15) is 0 Å². The van der Waals surface area contributed by atoms with Crippen molar-refractivity contribution in [2.45, 2.75) is 6.42 Å². The van der Waals surface area contributed by atoms with Gasteiger partial charge in [-0.05, 0) is 57.7 Å². The van der Waals surface area contributed by atoms with Crippen LogP contribution < -0.4 is 0 Å². The summed E-state index contributed by atoms with van der Waals surface area (Å²) in [6, 6.07) is 11.0. The van der Waals surface area contributed by atoms with Gasteiger partial charge in [0.05, 0.1) is 10.0 Å². The SMILES string of the molecule is O=Cc1cc(Cc2ccc(Cl)cc2)cc(Br)c1O. The molecule has 18 heavy (non-hydrogen) atoms. The standard InChI is InChI=1S/C14H10BrClO2/c15-13-7-10(6-11(8-17)14(13)18)5-9-1-3-12(16)4-2-9/h1-4,6-8,18H,5H2. The lowest BCUT2D eigenvalue weighted by Crippen LogP contribution is -1.92. The molecular formula is C14H10BrClO2. The summed E-state index contributed by atoms with van der Waals surface area (Å²) in [6.07, 6.45) is 1.32. The molecule has 0 aromatic heterocycles. The number of carbonyl (C=O) groups is 1. The lowest BCUT2D eigenvalue weighted by atomic mass is 10.0. The molecule has 0 amide bonds. The fraction of sp³-hybridized carbons (Fsp3) is 0.0714. The fourth-order valence-corrected chi connectivity index (χ4v) is 2.36. The summed E-state index contributed by atoms with van der Waals surface area (Å²) in [6.45, 7) is 0. The molecule has 2 rings (SSSR count). The molecule has 0 bridgehead atoms. The second kappa shape index (κ2) is 5.55. The maximum atomic E-state index is 10.8. The Morgan fingerprint density at radius 1 is 1.17 bits per heavy atom. The van der Waals surface area contributed by atoms with Crippen molar-refractivity contribution in [3.05, 3.63) is 62.6 Å². The van der Waals surface area contributed by atoms with Crippen LogP contribution in [-0.2, 0) is 6.42 Å². The fourth-order valence-electron chi connectivity index (χ4n) is 1.71. The molecule has 4 heteroatoms. The van der Waals surface area contributed by atoms with E-state index in [1.165, 1.54) is 0 Å². The van der Waals surface area contributed by atoms with Gasteiger partial charge in [0.1, 0.15) is 5.75 Å². The Morgan fingerprint density at radius 3 is 2.44 bits per heavy atom. The summed E-state index contributed by atoms with van der Waals surface area (Å²) >= 11 is 9.05. The molecule has 0 aliphatic carbocycles. The van der Waals surface area contributed by atoms with Crippen LogP contribution in [0.3, 0.4) is 0 Å². The van der Waals surface area contributed by atoms with E-state index in [4.69, 9.17) is 11.6 Å². The van der Waals surface area contributed by atoms with E-state index in [0.717, 1.165) is 11.1 Å². The van der Waals surface area contributed by atoms with Crippen LogP contribution in [0.15, 0.2) is 40.9 Å². The molecule has 0 unspecified atom stereocenters. The second-order valence-corrected chi connectivity index (χ2v) is 5.23. The van der Waals surface area contributed by atoms with Gasteiger partial charge in [-0.1, -0.05) is 23.7 Å². The first-order chi connectivity index (χ1) is 8.60. The van der Waals surface area contributed by atoms with E-state index in [1.807, 2.05) is 24.3 Å². The zero-order valence-corrected chi connectivity index (χ0v) is 11.7. The monoisotopic (exact) mass is 324 g/mol. The van der Waals surface area contributed by atoms with Gasteiger partial charge in [-0.15, -0.1) is 0 Å². The average Bonchev–Trinajstić information content (AvgIpc) is 2.36. The van der Waals surface area contributed by atoms with Crippen molar-refractivity contribution in [3.8, 4) is 5.75 Å². The quantitative estimate of drug-likeness (QED) is 0.858. The first kappa shape index (κ1) is 13.1. The zero-order chi connectivity index (χ0) is 13.1. The maximum absolute atomic E-state index is 10.8. The van der Waals surface area contributed by atoms with Gasteiger partial charge >= 0.3 is 0 Å². The summed E-state index contributed by atoms with van der Waals surface area (Å²) in [5, 5.41) is 10.3. The van der Waals surface area contributed by atoms with E-state index in [2.05, 4.69) is 15.9 Å². The normalized spacial score (nSPS) is 10.3. The predicted octanol–water partition coefficient (Wildman–Crippen LogP) is 4.21. The van der Waals surface area contributed by atoms with E-state index in [1.54, 1.807) is 12.1 Å². The molecule has 0 atom stereocenters. The van der Waals surface area contributed by atoms with Crippen molar-refractivity contribution in [3.63, 3.8) is 0 Å². The molecular weight excluding hydrogens is 316 g/mol. The highest BCUT2D eigenvalue weighted by Gasteiger charge is 2.08. The third kappa shape index (κ3) is 2.92. The summed E-state index contributed by atoms with van der Waals surface area (Å²) in [7, 11) is 0. The van der Waals surface area contributed by atoms with Crippen LogP contribution in [0.4, 0.5) is 0 Å². The van der Waals surface area contributed by atoms with Crippen LogP contribution in [0, 0.1) is 0 Å². The Labute approximate surface area is 118 Å². The van der Waals surface area contributed by atoms with Crippen molar-refractivity contribution >= 4 is 33.8 Å². The molecule has 92 valence electrons. The van der Waals surface area contributed by atoms with Crippen molar-refractivity contribution in [1.82, 2.24) is 0 Å². The van der Waals surface area contributed by atoms with E-state index in [-0.39, 0.29) is 11.3 Å². The number of aldehydes is 1. The highest BCUT2D eigenvalue weighted by molar-refractivity contribution is 9.10. The Balaban J connectivity index is 2.32. The minimum absolute atomic E-state index is 0.0233. The smallest absolute Gasteiger partial charge is 0.153 e. The Morgan fingerprint density at radius 2 is 1.83 bits per heavy atom. The van der Waals surface area contributed by atoms with E-state index < -0.39 is 0 Å². The van der Waals surface area contributed by atoms with Gasteiger partial charge in [0.25, 0.3) is 0 Å². The van der Waals surface area contributed by atoms with Crippen LogP contribution in [0.25, 0.3) is 0 Å². The number of carbonyl (C=O) groups excluding carboxylic acids is 1. The number of hydrogen-bond acceptors (Lipinski definition) is 2. The van der Waals surface area contributed by atoms with Gasteiger partial charge < -0.3 is 5.11 Å². The lowest BCUT2D eigenvalue weighted by Gasteiger charge is -2.06. The van der Waals surface area contributed by atoms with Gasteiger partial charge in [0.2, 0.25) is 0 Å². The minimum Gasteiger partial charge on any atom is -0.506 e. The van der Waals surface area contributed by atoms with Crippen molar-refractivity contribution in [2.24, 2.45) is 0 Å². The number of phenols is 1. The maximum Gasteiger partial charge on any atom is 0.153 e. The van der Waals surface area contributed by atoms with Crippen LogP contribution in [0.5, 0.6) is 5.75 Å². The number of phenolic OH excluding ortho intramolecular Hbond substituents is 1. The summed E-state index contributed by atoms with van der Waals surface area (Å²) in [5.74, 6) is -0.0233. The van der Waals surface area contributed by atoms with E-state index in [0.29, 0.717) is 22.2 Å². The third-order valence-corrected chi connectivity index (χ3v) is 3.46. The lowest BCUT2D eigenvalue weighted by molar-refractivity contribution is 0.112. The largest absolute Gasteiger partial charge is 0.506 e. The Bertz CT molecular complexity index is 579. The topological polar surface area (TPSA) is 37.3 Å². The number of hydrogen-bond donors (Lipinski definition) is 1. The first-order valence-corrected chi connectivity index (χ1v) is 6.48. The average molecular weight is 326 g/mol. The molecule has 1 N–H and O–H groups in total. The van der Waals surface area contributed by atoms with Gasteiger partial charge in [-0.25, -0.2) is 0 Å². The molecule has 0 saturated heterocycles. The van der Waals surface area contributed by atoms with Crippen molar-refractivity contribution < 1.29 is 9.90 Å². The van der Waals surface area contributed by atoms with Crippen LogP contribution >= 0.6 is 27.5 Å². The summed E-state index contributed by atoms with van der Waals surface area (Å²) in [4.78, 5) is 10.8. The van der Waals surface area contributed by atoms with Crippen molar-refractivity contribution in [2.75, 3.05) is 0 Å². The van der Waals surface area contributed by atoms with Crippen LogP contribution in [0.1, 0.15) is 21.5 Å². The van der Waals surface area contributed by atoms with Crippen LogP contribution in [0.2, 0.25) is 5.02 Å².